The Bertz CT molecular complexity index is 749. The van der Waals surface area contributed by atoms with Gasteiger partial charge in [0, 0.05) is 18.3 Å². The third-order valence-corrected chi connectivity index (χ3v) is 4.26. The first-order valence-corrected chi connectivity index (χ1v) is 8.47. The van der Waals surface area contributed by atoms with Gasteiger partial charge in [-0.05, 0) is 35.7 Å². The van der Waals surface area contributed by atoms with Crippen LogP contribution in [0, 0.1) is 0 Å². The van der Waals surface area contributed by atoms with Gasteiger partial charge in [-0.2, -0.15) is 0 Å². The van der Waals surface area contributed by atoms with E-state index in [-0.39, 0.29) is 11.9 Å². The number of hydrogen-bond donors (Lipinski definition) is 0. The van der Waals surface area contributed by atoms with Gasteiger partial charge in [-0.3, -0.25) is 9.78 Å². The number of nitrogens with zero attached hydrogens (tertiary/aromatic N) is 1. The minimum absolute atomic E-state index is 0.121. The Morgan fingerprint density at radius 2 is 1.36 bits per heavy atom. The van der Waals surface area contributed by atoms with Crippen molar-refractivity contribution < 1.29 is 9.53 Å². The van der Waals surface area contributed by atoms with Gasteiger partial charge < -0.3 is 4.74 Å². The van der Waals surface area contributed by atoms with Crippen molar-refractivity contribution in [3.63, 3.8) is 0 Å². The number of aromatic nitrogens is 1. The van der Waals surface area contributed by atoms with Gasteiger partial charge in [0.1, 0.15) is 0 Å². The second kappa shape index (κ2) is 8.25. The van der Waals surface area contributed by atoms with Gasteiger partial charge in [0.25, 0.3) is 0 Å². The highest BCUT2D eigenvalue weighted by molar-refractivity contribution is 5.80. The van der Waals surface area contributed by atoms with Crippen LogP contribution in [0.5, 0.6) is 0 Å². The zero-order valence-electron chi connectivity index (χ0n) is 14.2. The summed E-state index contributed by atoms with van der Waals surface area (Å²) in [4.78, 5) is 17.0. The van der Waals surface area contributed by atoms with E-state index >= 15 is 0 Å². The summed E-state index contributed by atoms with van der Waals surface area (Å²) in [7, 11) is 0. The second-order valence-corrected chi connectivity index (χ2v) is 5.81. The Morgan fingerprint density at radius 3 is 1.84 bits per heavy atom. The first-order valence-electron chi connectivity index (χ1n) is 8.47. The van der Waals surface area contributed by atoms with Gasteiger partial charge in [-0.25, -0.2) is 0 Å². The number of benzene rings is 2. The first-order chi connectivity index (χ1) is 12.3. The topological polar surface area (TPSA) is 39.2 Å². The molecule has 3 rings (SSSR count). The molecule has 1 unspecified atom stereocenters. The summed E-state index contributed by atoms with van der Waals surface area (Å²) in [5, 5.41) is 0. The van der Waals surface area contributed by atoms with Crippen molar-refractivity contribution in [2.24, 2.45) is 0 Å². The lowest BCUT2D eigenvalue weighted by Gasteiger charge is -2.27. The summed E-state index contributed by atoms with van der Waals surface area (Å²) >= 11 is 0. The third-order valence-electron chi connectivity index (χ3n) is 4.26. The lowest BCUT2D eigenvalue weighted by Crippen LogP contribution is -2.24. The minimum Gasteiger partial charge on any atom is -0.465 e. The quantitative estimate of drug-likeness (QED) is 0.622. The number of carbonyl (C=O) groups is 1. The monoisotopic (exact) mass is 331 g/mol. The van der Waals surface area contributed by atoms with Crippen LogP contribution in [0.4, 0.5) is 0 Å². The smallest absolute Gasteiger partial charge is 0.314 e. The maximum Gasteiger partial charge on any atom is 0.314 e. The van der Waals surface area contributed by atoms with E-state index in [9.17, 15) is 4.79 Å². The van der Waals surface area contributed by atoms with Gasteiger partial charge in [0.15, 0.2) is 0 Å². The van der Waals surface area contributed by atoms with Crippen LogP contribution < -0.4 is 0 Å². The van der Waals surface area contributed by atoms with Gasteiger partial charge >= 0.3 is 5.97 Å². The summed E-state index contributed by atoms with van der Waals surface area (Å²) in [6.07, 6.45) is 3.43. The molecule has 3 aromatic rings. The normalized spacial score (nSPS) is 11.9. The van der Waals surface area contributed by atoms with Gasteiger partial charge in [-0.1, -0.05) is 60.7 Å². The lowest BCUT2D eigenvalue weighted by molar-refractivity contribution is -0.145. The number of esters is 1. The number of hydrogen-bond acceptors (Lipinski definition) is 3. The minimum atomic E-state index is -0.423. The second-order valence-electron chi connectivity index (χ2n) is 5.81. The zero-order chi connectivity index (χ0) is 17.5. The number of ether oxygens (including phenoxy) is 1. The largest absolute Gasteiger partial charge is 0.465 e. The predicted octanol–water partition coefficient (Wildman–Crippen LogP) is 4.56. The summed E-state index contributed by atoms with van der Waals surface area (Å²) in [5.41, 5.74) is 3.08. The number of rotatable bonds is 6. The lowest BCUT2D eigenvalue weighted by atomic mass is 9.77. The Labute approximate surface area is 148 Å². The molecular weight excluding hydrogens is 310 g/mol. The van der Waals surface area contributed by atoms with Crippen LogP contribution in [0.2, 0.25) is 0 Å². The molecule has 0 saturated carbocycles. The van der Waals surface area contributed by atoms with E-state index in [1.54, 1.807) is 12.4 Å². The molecule has 3 nitrogen and oxygen atoms in total. The van der Waals surface area contributed by atoms with Crippen molar-refractivity contribution in [2.45, 2.75) is 18.8 Å². The van der Waals surface area contributed by atoms with Crippen molar-refractivity contribution in [3.05, 3.63) is 102 Å². The molecule has 1 atom stereocenters. The van der Waals surface area contributed by atoms with Crippen molar-refractivity contribution in [1.82, 2.24) is 4.98 Å². The molecule has 1 heterocycles. The molecule has 126 valence electrons. The van der Waals surface area contributed by atoms with Crippen molar-refractivity contribution in [1.29, 1.82) is 0 Å². The van der Waals surface area contributed by atoms with E-state index in [4.69, 9.17) is 4.74 Å². The molecule has 0 bridgehead atoms. The van der Waals surface area contributed by atoms with Gasteiger partial charge in [0.05, 0.1) is 12.5 Å². The fraction of sp³-hybridized carbons (Fsp3) is 0.182. The molecule has 0 aliphatic heterocycles. The zero-order valence-corrected chi connectivity index (χ0v) is 14.2. The van der Waals surface area contributed by atoms with E-state index in [0.717, 1.165) is 16.7 Å². The molecule has 0 radical (unpaired) electrons. The summed E-state index contributed by atoms with van der Waals surface area (Å²) in [6.45, 7) is 2.19. The molecule has 25 heavy (non-hydrogen) atoms. The highest BCUT2D eigenvalue weighted by Gasteiger charge is 2.33. The highest BCUT2D eigenvalue weighted by Crippen LogP contribution is 2.39. The van der Waals surface area contributed by atoms with E-state index in [0.29, 0.717) is 6.61 Å². The van der Waals surface area contributed by atoms with E-state index < -0.39 is 5.92 Å². The molecule has 0 spiro atoms. The fourth-order valence-electron chi connectivity index (χ4n) is 3.17. The van der Waals surface area contributed by atoms with Crippen LogP contribution in [0.3, 0.4) is 0 Å². The van der Waals surface area contributed by atoms with E-state index in [2.05, 4.69) is 29.2 Å². The number of pyridine rings is 1. The SMILES string of the molecule is CCOC(=O)C(c1ccncc1)C(c1ccccc1)c1ccccc1. The summed E-state index contributed by atoms with van der Waals surface area (Å²) in [6, 6.07) is 24.0. The predicted molar refractivity (Wildman–Crippen MR) is 98.3 cm³/mol. The molecule has 3 heteroatoms. The molecular formula is C22H21NO2. The molecule has 0 fully saturated rings. The van der Waals surface area contributed by atoms with Crippen LogP contribution in [-0.2, 0) is 9.53 Å². The van der Waals surface area contributed by atoms with Crippen molar-refractivity contribution in [3.8, 4) is 0 Å². The summed E-state index contributed by atoms with van der Waals surface area (Å²) < 4.78 is 5.42. The molecule has 0 N–H and O–H groups in total. The standard InChI is InChI=1S/C22H21NO2/c1-2-25-22(24)21(19-13-15-23-16-14-19)20(17-9-5-3-6-10-17)18-11-7-4-8-12-18/h3-16,20-21H,2H2,1H3. The molecule has 0 aliphatic carbocycles. The van der Waals surface area contributed by atoms with Crippen LogP contribution in [-0.4, -0.2) is 17.6 Å². The van der Waals surface area contributed by atoms with Crippen LogP contribution in [0.25, 0.3) is 0 Å². The van der Waals surface area contributed by atoms with Crippen LogP contribution in [0.1, 0.15) is 35.4 Å². The Hall–Kier alpha value is -2.94. The highest BCUT2D eigenvalue weighted by atomic mass is 16.5. The molecule has 0 aliphatic rings. The van der Waals surface area contributed by atoms with E-state index in [1.165, 1.54) is 0 Å². The van der Waals surface area contributed by atoms with E-state index in [1.807, 2.05) is 55.5 Å². The molecule has 2 aromatic carbocycles. The average molecular weight is 331 g/mol. The van der Waals surface area contributed by atoms with Gasteiger partial charge in [-0.15, -0.1) is 0 Å². The Balaban J connectivity index is 2.14. The van der Waals surface area contributed by atoms with Gasteiger partial charge in [0.2, 0.25) is 0 Å². The number of carbonyl (C=O) groups excluding carboxylic acids is 1. The first kappa shape index (κ1) is 16.9. The maximum absolute atomic E-state index is 12.9. The maximum atomic E-state index is 12.9. The van der Waals surface area contributed by atoms with Crippen molar-refractivity contribution in [2.75, 3.05) is 6.61 Å². The molecule has 1 aromatic heterocycles. The average Bonchev–Trinajstić information content (AvgIpc) is 2.68. The Kier molecular flexibility index (Phi) is 5.57. The Morgan fingerprint density at radius 1 is 0.840 bits per heavy atom. The molecule has 0 amide bonds. The summed E-state index contributed by atoms with van der Waals surface area (Å²) in [5.74, 6) is -0.761. The molecule has 0 saturated heterocycles. The van der Waals surface area contributed by atoms with Crippen LogP contribution >= 0.6 is 0 Å². The van der Waals surface area contributed by atoms with Crippen LogP contribution in [0.15, 0.2) is 85.2 Å². The third kappa shape index (κ3) is 3.94. The van der Waals surface area contributed by atoms with Crippen molar-refractivity contribution >= 4 is 5.97 Å². The fourth-order valence-corrected chi connectivity index (χ4v) is 3.17.